The molecule has 28 heavy (non-hydrogen) atoms. The standard InChI is InChI=1S/C19H21FN6O2/c20-14-10-11(18(21)28)4-9-15(14)23-19-24-17-3-1-2-16(26(17)25-19)22-12-5-7-13(27)8-6-12/h1-4,9-10,12-13,22,27H,5-8H2,(H2,21,28)(H,23,25). The summed E-state index contributed by atoms with van der Waals surface area (Å²) in [5.41, 5.74) is 6.01. The van der Waals surface area contributed by atoms with Gasteiger partial charge in [0.25, 0.3) is 0 Å². The molecule has 2 heterocycles. The van der Waals surface area contributed by atoms with Crippen molar-refractivity contribution >= 4 is 29.0 Å². The van der Waals surface area contributed by atoms with E-state index in [-0.39, 0.29) is 29.3 Å². The zero-order valence-electron chi connectivity index (χ0n) is 15.1. The molecule has 1 amide bonds. The average Bonchev–Trinajstić information content (AvgIpc) is 3.09. The molecule has 0 bridgehead atoms. The fourth-order valence-corrected chi connectivity index (χ4v) is 3.39. The van der Waals surface area contributed by atoms with E-state index in [2.05, 4.69) is 20.7 Å². The first-order valence-electron chi connectivity index (χ1n) is 9.16. The van der Waals surface area contributed by atoms with Crippen LogP contribution in [0.3, 0.4) is 0 Å². The van der Waals surface area contributed by atoms with Crippen LogP contribution in [-0.4, -0.2) is 37.8 Å². The normalized spacial score (nSPS) is 19.5. The van der Waals surface area contributed by atoms with Crippen LogP contribution in [0, 0.1) is 5.82 Å². The van der Waals surface area contributed by atoms with Gasteiger partial charge in [0.2, 0.25) is 11.9 Å². The number of carbonyl (C=O) groups is 1. The minimum atomic E-state index is -0.692. The molecule has 0 saturated heterocycles. The summed E-state index contributed by atoms with van der Waals surface area (Å²) in [6.45, 7) is 0. The van der Waals surface area contributed by atoms with E-state index in [4.69, 9.17) is 5.73 Å². The van der Waals surface area contributed by atoms with Crippen LogP contribution < -0.4 is 16.4 Å². The van der Waals surface area contributed by atoms with Crippen molar-refractivity contribution in [3.05, 3.63) is 47.8 Å². The third kappa shape index (κ3) is 3.74. The summed E-state index contributed by atoms with van der Waals surface area (Å²) in [7, 11) is 0. The molecule has 5 N–H and O–H groups in total. The zero-order valence-corrected chi connectivity index (χ0v) is 15.1. The molecule has 146 valence electrons. The number of benzene rings is 1. The molecule has 0 atom stereocenters. The first kappa shape index (κ1) is 18.2. The topological polar surface area (TPSA) is 118 Å². The van der Waals surface area contributed by atoms with Crippen LogP contribution in [0.15, 0.2) is 36.4 Å². The lowest BCUT2D eigenvalue weighted by Crippen LogP contribution is -2.29. The number of nitrogens with two attached hydrogens (primary N) is 1. The Labute approximate surface area is 160 Å². The lowest BCUT2D eigenvalue weighted by Gasteiger charge is -2.26. The van der Waals surface area contributed by atoms with Gasteiger partial charge in [0.05, 0.1) is 11.8 Å². The van der Waals surface area contributed by atoms with Gasteiger partial charge in [0, 0.05) is 11.6 Å². The van der Waals surface area contributed by atoms with Crippen molar-refractivity contribution in [1.29, 1.82) is 0 Å². The quantitative estimate of drug-likeness (QED) is 0.537. The number of nitrogens with zero attached hydrogens (tertiary/aromatic N) is 3. The lowest BCUT2D eigenvalue weighted by molar-refractivity contribution is 0.1000. The molecule has 9 heteroatoms. The highest BCUT2D eigenvalue weighted by molar-refractivity contribution is 5.93. The van der Waals surface area contributed by atoms with E-state index in [0.717, 1.165) is 37.6 Å². The molecule has 1 aliphatic carbocycles. The van der Waals surface area contributed by atoms with Crippen molar-refractivity contribution in [2.24, 2.45) is 5.73 Å². The number of primary amides is 1. The van der Waals surface area contributed by atoms with E-state index < -0.39 is 11.7 Å². The Morgan fingerprint density at radius 3 is 2.71 bits per heavy atom. The summed E-state index contributed by atoms with van der Waals surface area (Å²) in [6, 6.07) is 9.77. The smallest absolute Gasteiger partial charge is 0.248 e. The largest absolute Gasteiger partial charge is 0.393 e. The van der Waals surface area contributed by atoms with Crippen LogP contribution in [0.2, 0.25) is 0 Å². The molecule has 0 spiro atoms. The third-order valence-corrected chi connectivity index (χ3v) is 4.91. The van der Waals surface area contributed by atoms with Crippen molar-refractivity contribution in [2.75, 3.05) is 10.6 Å². The van der Waals surface area contributed by atoms with Gasteiger partial charge >= 0.3 is 0 Å². The number of carbonyl (C=O) groups excluding carboxylic acids is 1. The summed E-state index contributed by atoms with van der Waals surface area (Å²) < 4.78 is 15.9. The predicted octanol–water partition coefficient (Wildman–Crippen LogP) is 2.43. The minimum Gasteiger partial charge on any atom is -0.393 e. The number of pyridine rings is 1. The van der Waals surface area contributed by atoms with Crippen LogP contribution in [0.1, 0.15) is 36.0 Å². The number of halogens is 1. The van der Waals surface area contributed by atoms with Gasteiger partial charge in [-0.3, -0.25) is 4.79 Å². The summed E-state index contributed by atoms with van der Waals surface area (Å²) in [4.78, 5) is 15.5. The Bertz CT molecular complexity index is 1010. The fraction of sp³-hybridized carbons (Fsp3) is 0.316. The summed E-state index contributed by atoms with van der Waals surface area (Å²) >= 11 is 0. The maximum absolute atomic E-state index is 14.2. The minimum absolute atomic E-state index is 0.0927. The monoisotopic (exact) mass is 384 g/mol. The van der Waals surface area contributed by atoms with Gasteiger partial charge in [-0.1, -0.05) is 6.07 Å². The Morgan fingerprint density at radius 1 is 1.21 bits per heavy atom. The van der Waals surface area contributed by atoms with Gasteiger partial charge in [0.1, 0.15) is 11.6 Å². The molecule has 0 unspecified atom stereocenters. The number of hydrogen-bond acceptors (Lipinski definition) is 6. The Hall–Kier alpha value is -3.20. The van der Waals surface area contributed by atoms with Crippen molar-refractivity contribution in [1.82, 2.24) is 14.6 Å². The number of amides is 1. The van der Waals surface area contributed by atoms with Gasteiger partial charge in [-0.2, -0.15) is 9.50 Å². The molecular formula is C19H21FN6O2. The number of aromatic nitrogens is 3. The number of rotatable bonds is 5. The van der Waals surface area contributed by atoms with Gasteiger partial charge in [-0.05, 0) is 56.0 Å². The van der Waals surface area contributed by atoms with Crippen molar-refractivity contribution in [3.63, 3.8) is 0 Å². The van der Waals surface area contributed by atoms with E-state index >= 15 is 0 Å². The molecule has 0 aliphatic heterocycles. The van der Waals surface area contributed by atoms with Crippen molar-refractivity contribution < 1.29 is 14.3 Å². The summed E-state index contributed by atoms with van der Waals surface area (Å²) in [6.07, 6.45) is 3.10. The van der Waals surface area contributed by atoms with Gasteiger partial charge in [-0.15, -0.1) is 5.10 Å². The molecule has 8 nitrogen and oxygen atoms in total. The molecule has 1 aromatic carbocycles. The highest BCUT2D eigenvalue weighted by Gasteiger charge is 2.20. The second-order valence-corrected chi connectivity index (χ2v) is 6.95. The number of anilines is 3. The summed E-state index contributed by atoms with van der Waals surface area (Å²) in [5.74, 6) is -0.292. The molecular weight excluding hydrogens is 363 g/mol. The highest BCUT2D eigenvalue weighted by Crippen LogP contribution is 2.24. The van der Waals surface area contributed by atoms with E-state index in [9.17, 15) is 14.3 Å². The Morgan fingerprint density at radius 2 is 2.00 bits per heavy atom. The van der Waals surface area contributed by atoms with Crippen molar-refractivity contribution in [2.45, 2.75) is 37.8 Å². The third-order valence-electron chi connectivity index (χ3n) is 4.91. The van der Waals surface area contributed by atoms with Gasteiger partial charge in [-0.25, -0.2) is 4.39 Å². The van der Waals surface area contributed by atoms with E-state index in [0.29, 0.717) is 5.65 Å². The van der Waals surface area contributed by atoms with E-state index in [1.807, 2.05) is 12.1 Å². The average molecular weight is 384 g/mol. The van der Waals surface area contributed by atoms with Gasteiger partial charge in [0.15, 0.2) is 5.65 Å². The van der Waals surface area contributed by atoms with Crippen LogP contribution in [-0.2, 0) is 0 Å². The lowest BCUT2D eigenvalue weighted by atomic mass is 9.93. The van der Waals surface area contributed by atoms with Crippen LogP contribution in [0.4, 0.5) is 21.8 Å². The molecule has 1 saturated carbocycles. The van der Waals surface area contributed by atoms with Crippen LogP contribution >= 0.6 is 0 Å². The number of aliphatic hydroxyl groups is 1. The maximum atomic E-state index is 14.2. The van der Waals surface area contributed by atoms with Crippen LogP contribution in [0.5, 0.6) is 0 Å². The van der Waals surface area contributed by atoms with Crippen molar-refractivity contribution in [3.8, 4) is 0 Å². The second-order valence-electron chi connectivity index (χ2n) is 6.95. The molecule has 1 aliphatic rings. The number of nitrogens with one attached hydrogen (secondary N) is 2. The Balaban J connectivity index is 1.56. The fourth-order valence-electron chi connectivity index (χ4n) is 3.39. The molecule has 4 rings (SSSR count). The SMILES string of the molecule is NC(=O)c1ccc(Nc2nc3cccc(NC4CCC(O)CC4)n3n2)c(F)c1. The zero-order chi connectivity index (χ0) is 19.7. The highest BCUT2D eigenvalue weighted by atomic mass is 19.1. The molecule has 3 aromatic rings. The molecule has 2 aromatic heterocycles. The Kier molecular flexibility index (Phi) is 4.82. The molecule has 0 radical (unpaired) electrons. The number of fused-ring (bicyclic) bond motifs is 1. The maximum Gasteiger partial charge on any atom is 0.248 e. The van der Waals surface area contributed by atoms with Crippen LogP contribution in [0.25, 0.3) is 5.65 Å². The predicted molar refractivity (Wildman–Crippen MR) is 103 cm³/mol. The first-order valence-corrected chi connectivity index (χ1v) is 9.16. The number of aliphatic hydroxyl groups excluding tert-OH is 1. The second kappa shape index (κ2) is 7.43. The first-order chi connectivity index (χ1) is 13.5. The van der Waals surface area contributed by atoms with Gasteiger partial charge < -0.3 is 21.5 Å². The summed E-state index contributed by atoms with van der Waals surface area (Å²) in [5, 5.41) is 20.4. The number of hydrogen-bond donors (Lipinski definition) is 4. The molecule has 1 fully saturated rings. The van der Waals surface area contributed by atoms with E-state index in [1.165, 1.54) is 12.1 Å². The van der Waals surface area contributed by atoms with E-state index in [1.54, 1.807) is 10.6 Å².